The SMILES string of the molecule is Cc1cc(C(N)=S)ccc1S(=O)(=O)NCCc1ncon1. The van der Waals surface area contributed by atoms with E-state index < -0.39 is 10.0 Å². The van der Waals surface area contributed by atoms with Crippen molar-refractivity contribution in [1.29, 1.82) is 0 Å². The Morgan fingerprint density at radius 3 is 2.81 bits per heavy atom. The van der Waals surface area contributed by atoms with Crippen molar-refractivity contribution in [3.63, 3.8) is 0 Å². The van der Waals surface area contributed by atoms with Crippen LogP contribution >= 0.6 is 12.2 Å². The molecule has 0 saturated carbocycles. The van der Waals surface area contributed by atoms with Crippen molar-refractivity contribution < 1.29 is 12.9 Å². The zero-order valence-electron chi connectivity index (χ0n) is 11.2. The summed E-state index contributed by atoms with van der Waals surface area (Å²) in [7, 11) is -3.61. The quantitative estimate of drug-likeness (QED) is 0.745. The van der Waals surface area contributed by atoms with Gasteiger partial charge in [-0.15, -0.1) is 0 Å². The maximum Gasteiger partial charge on any atom is 0.240 e. The molecule has 112 valence electrons. The summed E-state index contributed by atoms with van der Waals surface area (Å²) >= 11 is 4.86. The summed E-state index contributed by atoms with van der Waals surface area (Å²) in [4.78, 5) is 4.24. The molecule has 0 spiro atoms. The summed E-state index contributed by atoms with van der Waals surface area (Å²) in [5, 5.41) is 3.61. The molecule has 2 aromatic rings. The summed E-state index contributed by atoms with van der Waals surface area (Å²) in [6.07, 6.45) is 1.54. The maximum absolute atomic E-state index is 12.2. The fourth-order valence-electron chi connectivity index (χ4n) is 1.78. The van der Waals surface area contributed by atoms with Crippen LogP contribution in [0, 0.1) is 6.92 Å². The van der Waals surface area contributed by atoms with Crippen molar-refractivity contribution >= 4 is 27.2 Å². The van der Waals surface area contributed by atoms with Gasteiger partial charge in [0.05, 0.1) is 4.90 Å². The van der Waals surface area contributed by atoms with Gasteiger partial charge in [0.2, 0.25) is 16.4 Å². The molecule has 0 atom stereocenters. The first-order valence-corrected chi connectivity index (χ1v) is 7.94. The third kappa shape index (κ3) is 3.84. The van der Waals surface area contributed by atoms with Gasteiger partial charge in [0, 0.05) is 18.5 Å². The first-order chi connectivity index (χ1) is 9.90. The fraction of sp³-hybridized carbons (Fsp3) is 0.250. The third-order valence-corrected chi connectivity index (χ3v) is 4.65. The lowest BCUT2D eigenvalue weighted by Gasteiger charge is -2.10. The second kappa shape index (κ2) is 6.29. The summed E-state index contributed by atoms with van der Waals surface area (Å²) in [6, 6.07) is 4.72. The highest BCUT2D eigenvalue weighted by molar-refractivity contribution is 7.89. The minimum Gasteiger partial charge on any atom is -0.389 e. The second-order valence-corrected chi connectivity index (χ2v) is 6.51. The molecule has 0 aliphatic rings. The van der Waals surface area contributed by atoms with Crippen molar-refractivity contribution in [2.75, 3.05) is 6.54 Å². The van der Waals surface area contributed by atoms with Crippen molar-refractivity contribution in [3.8, 4) is 0 Å². The van der Waals surface area contributed by atoms with E-state index in [4.69, 9.17) is 18.0 Å². The van der Waals surface area contributed by atoms with Crippen LogP contribution < -0.4 is 10.5 Å². The standard InChI is InChI=1S/C12H14N4O3S2/c1-8-6-9(12(13)20)2-3-10(8)21(17,18)15-5-4-11-14-7-19-16-11/h2-3,6-7,15H,4-5H2,1H3,(H2,13,20). The summed E-state index contributed by atoms with van der Waals surface area (Å²) in [5.74, 6) is 0.443. The van der Waals surface area contributed by atoms with Gasteiger partial charge in [0.25, 0.3) is 0 Å². The third-order valence-electron chi connectivity index (χ3n) is 2.80. The van der Waals surface area contributed by atoms with Gasteiger partial charge in [-0.1, -0.05) is 23.4 Å². The van der Waals surface area contributed by atoms with E-state index in [1.807, 2.05) is 0 Å². The molecule has 0 aliphatic heterocycles. The van der Waals surface area contributed by atoms with Gasteiger partial charge in [-0.3, -0.25) is 0 Å². The number of hydrogen-bond acceptors (Lipinski definition) is 6. The van der Waals surface area contributed by atoms with Crippen LogP contribution in [0.1, 0.15) is 17.0 Å². The van der Waals surface area contributed by atoms with E-state index >= 15 is 0 Å². The smallest absolute Gasteiger partial charge is 0.240 e. The lowest BCUT2D eigenvalue weighted by Crippen LogP contribution is -2.27. The molecule has 7 nitrogen and oxygen atoms in total. The molecule has 21 heavy (non-hydrogen) atoms. The van der Waals surface area contributed by atoms with E-state index in [1.165, 1.54) is 12.5 Å². The zero-order chi connectivity index (χ0) is 15.5. The van der Waals surface area contributed by atoms with Crippen molar-refractivity contribution in [1.82, 2.24) is 14.9 Å². The normalized spacial score (nSPS) is 11.5. The van der Waals surface area contributed by atoms with Crippen molar-refractivity contribution in [2.24, 2.45) is 5.73 Å². The van der Waals surface area contributed by atoms with Crippen LogP contribution in [0.5, 0.6) is 0 Å². The molecule has 0 radical (unpaired) electrons. The van der Waals surface area contributed by atoms with Gasteiger partial charge in [-0.05, 0) is 24.6 Å². The highest BCUT2D eigenvalue weighted by Gasteiger charge is 2.17. The van der Waals surface area contributed by atoms with Gasteiger partial charge < -0.3 is 10.3 Å². The Morgan fingerprint density at radius 1 is 1.48 bits per heavy atom. The van der Waals surface area contributed by atoms with E-state index in [2.05, 4.69) is 19.4 Å². The van der Waals surface area contributed by atoms with Crippen LogP contribution in [0.25, 0.3) is 0 Å². The van der Waals surface area contributed by atoms with Crippen molar-refractivity contribution in [2.45, 2.75) is 18.2 Å². The number of nitrogens with one attached hydrogen (secondary N) is 1. The van der Waals surface area contributed by atoms with E-state index in [-0.39, 0.29) is 16.4 Å². The lowest BCUT2D eigenvalue weighted by molar-refractivity contribution is 0.410. The molecule has 3 N–H and O–H groups in total. The predicted octanol–water partition coefficient (Wildman–Crippen LogP) is 0.533. The number of aryl methyl sites for hydroxylation is 1. The summed E-state index contributed by atoms with van der Waals surface area (Å²) in [6.45, 7) is 1.87. The Labute approximate surface area is 127 Å². The first kappa shape index (κ1) is 15.5. The molecule has 0 fully saturated rings. The molecular weight excluding hydrogens is 312 g/mol. The number of thiocarbonyl (C=S) groups is 1. The largest absolute Gasteiger partial charge is 0.389 e. The minimum absolute atomic E-state index is 0.179. The average Bonchev–Trinajstić information content (AvgIpc) is 2.91. The molecular formula is C12H14N4O3S2. The first-order valence-electron chi connectivity index (χ1n) is 6.05. The number of benzene rings is 1. The molecule has 9 heteroatoms. The van der Waals surface area contributed by atoms with E-state index in [0.717, 1.165) is 0 Å². The molecule has 1 aromatic carbocycles. The number of aromatic nitrogens is 2. The van der Waals surface area contributed by atoms with E-state index in [0.29, 0.717) is 23.4 Å². The predicted molar refractivity (Wildman–Crippen MR) is 80.3 cm³/mol. The fourth-order valence-corrected chi connectivity index (χ4v) is 3.16. The van der Waals surface area contributed by atoms with Gasteiger partial charge in [0.1, 0.15) is 4.99 Å². The summed E-state index contributed by atoms with van der Waals surface area (Å²) in [5.41, 5.74) is 6.73. The van der Waals surface area contributed by atoms with Crippen LogP contribution in [0.3, 0.4) is 0 Å². The van der Waals surface area contributed by atoms with Crippen LogP contribution in [0.15, 0.2) is 34.0 Å². The van der Waals surface area contributed by atoms with Crippen LogP contribution in [0.4, 0.5) is 0 Å². The lowest BCUT2D eigenvalue weighted by atomic mass is 10.1. The van der Waals surface area contributed by atoms with Crippen LogP contribution in [-0.2, 0) is 16.4 Å². The molecule has 0 bridgehead atoms. The number of nitrogens with two attached hydrogens (primary N) is 1. The minimum atomic E-state index is -3.61. The number of sulfonamides is 1. The Balaban J connectivity index is 2.10. The van der Waals surface area contributed by atoms with Gasteiger partial charge in [0.15, 0.2) is 5.82 Å². The van der Waals surface area contributed by atoms with Gasteiger partial charge in [-0.2, -0.15) is 4.98 Å². The highest BCUT2D eigenvalue weighted by atomic mass is 32.2. The molecule has 1 aromatic heterocycles. The number of hydrogen-bond donors (Lipinski definition) is 2. The van der Waals surface area contributed by atoms with E-state index in [1.54, 1.807) is 19.1 Å². The Hall–Kier alpha value is -1.84. The molecule has 0 aliphatic carbocycles. The maximum atomic E-state index is 12.2. The molecule has 2 rings (SSSR count). The average molecular weight is 326 g/mol. The van der Waals surface area contributed by atoms with Crippen LogP contribution in [-0.4, -0.2) is 30.1 Å². The van der Waals surface area contributed by atoms with Gasteiger partial charge in [-0.25, -0.2) is 13.1 Å². The van der Waals surface area contributed by atoms with Crippen LogP contribution in [0.2, 0.25) is 0 Å². The Kier molecular flexibility index (Phi) is 4.66. The molecule has 0 amide bonds. The Bertz CT molecular complexity index is 742. The zero-order valence-corrected chi connectivity index (χ0v) is 12.9. The molecule has 1 heterocycles. The summed E-state index contributed by atoms with van der Waals surface area (Å²) < 4.78 is 31.5. The Morgan fingerprint density at radius 2 is 2.24 bits per heavy atom. The number of nitrogens with zero attached hydrogens (tertiary/aromatic N) is 2. The number of rotatable bonds is 6. The topological polar surface area (TPSA) is 111 Å². The van der Waals surface area contributed by atoms with E-state index in [9.17, 15) is 8.42 Å². The van der Waals surface area contributed by atoms with Crippen molar-refractivity contribution in [3.05, 3.63) is 41.5 Å². The highest BCUT2D eigenvalue weighted by Crippen LogP contribution is 2.16. The second-order valence-electron chi connectivity index (χ2n) is 4.34. The molecule has 0 saturated heterocycles. The monoisotopic (exact) mass is 326 g/mol. The molecule has 0 unspecified atom stereocenters. The van der Waals surface area contributed by atoms with Gasteiger partial charge >= 0.3 is 0 Å².